The molecule has 0 fully saturated rings. The van der Waals surface area contributed by atoms with Gasteiger partial charge < -0.3 is 0 Å². The molecule has 0 bridgehead atoms. The Bertz CT molecular complexity index is 711. The van der Waals surface area contributed by atoms with Crippen LogP contribution in [0.3, 0.4) is 0 Å². The van der Waals surface area contributed by atoms with Crippen molar-refractivity contribution in [2.75, 3.05) is 0 Å². The Morgan fingerprint density at radius 1 is 1.00 bits per heavy atom. The fourth-order valence-electron chi connectivity index (χ4n) is 2.01. The molecule has 0 saturated carbocycles. The van der Waals surface area contributed by atoms with Crippen molar-refractivity contribution >= 4 is 15.7 Å². The zero-order chi connectivity index (χ0) is 15.8. The first-order chi connectivity index (χ1) is 10.6. The second kappa shape index (κ2) is 7.75. The van der Waals surface area contributed by atoms with Gasteiger partial charge in [-0.05, 0) is 30.5 Å². The quantitative estimate of drug-likeness (QED) is 0.627. The maximum atomic E-state index is 12.2. The van der Waals surface area contributed by atoms with Crippen molar-refractivity contribution in [1.29, 1.82) is 0 Å². The first-order valence-electron chi connectivity index (χ1n) is 7.32. The molecule has 2 aromatic rings. The molecule has 0 aliphatic heterocycles. The highest BCUT2D eigenvalue weighted by atomic mass is 32.2. The van der Waals surface area contributed by atoms with E-state index >= 15 is 0 Å². The molecule has 0 spiro atoms. The van der Waals surface area contributed by atoms with E-state index in [-0.39, 0.29) is 4.90 Å². The van der Waals surface area contributed by atoms with E-state index < -0.39 is 10.0 Å². The summed E-state index contributed by atoms with van der Waals surface area (Å²) in [4.78, 5) is 2.55. The van der Waals surface area contributed by atoms with Gasteiger partial charge in [0.15, 0.2) is 0 Å². The maximum Gasteiger partial charge on any atom is 0.276 e. The van der Waals surface area contributed by atoms with Crippen LogP contribution in [0, 0.1) is 0 Å². The van der Waals surface area contributed by atoms with Crippen molar-refractivity contribution in [1.82, 2.24) is 4.83 Å². The van der Waals surface area contributed by atoms with E-state index in [9.17, 15) is 8.42 Å². The van der Waals surface area contributed by atoms with Gasteiger partial charge in [-0.2, -0.15) is 18.4 Å². The zero-order valence-corrected chi connectivity index (χ0v) is 13.4. The third kappa shape index (κ3) is 4.43. The molecule has 0 unspecified atom stereocenters. The third-order valence-electron chi connectivity index (χ3n) is 3.23. The van der Waals surface area contributed by atoms with E-state index in [1.165, 1.54) is 0 Å². The van der Waals surface area contributed by atoms with Crippen LogP contribution in [0.15, 0.2) is 70.7 Å². The summed E-state index contributed by atoms with van der Waals surface area (Å²) < 4.78 is 24.4. The molecule has 5 heteroatoms. The molecule has 0 aromatic heterocycles. The average molecular weight is 316 g/mol. The number of sulfonamides is 1. The molecule has 0 radical (unpaired) electrons. The summed E-state index contributed by atoms with van der Waals surface area (Å²) in [7, 11) is -3.63. The number of rotatable bonds is 7. The number of hydrazone groups is 1. The van der Waals surface area contributed by atoms with Crippen LogP contribution in [0.1, 0.15) is 31.7 Å². The Morgan fingerprint density at radius 3 is 2.18 bits per heavy atom. The minimum absolute atomic E-state index is 0.210. The molecule has 1 N–H and O–H groups in total. The number of hydrogen-bond acceptors (Lipinski definition) is 3. The third-order valence-corrected chi connectivity index (χ3v) is 4.45. The van der Waals surface area contributed by atoms with Gasteiger partial charge in [0.25, 0.3) is 10.0 Å². The summed E-state index contributed by atoms with van der Waals surface area (Å²) in [5.74, 6) is 0. The van der Waals surface area contributed by atoms with Gasteiger partial charge >= 0.3 is 0 Å². The molecule has 0 aliphatic rings. The van der Waals surface area contributed by atoms with Crippen LogP contribution in [0.25, 0.3) is 0 Å². The second-order valence-corrected chi connectivity index (χ2v) is 6.60. The number of unbranched alkanes of at least 4 members (excludes halogenated alkanes) is 1. The van der Waals surface area contributed by atoms with Crippen molar-refractivity contribution in [2.45, 2.75) is 31.1 Å². The van der Waals surface area contributed by atoms with Crippen LogP contribution in [0.2, 0.25) is 0 Å². The molecule has 2 rings (SSSR count). The van der Waals surface area contributed by atoms with Crippen molar-refractivity contribution in [3.63, 3.8) is 0 Å². The standard InChI is InChI=1S/C17H20N2O2S/c1-2-3-14-17(15-10-6-4-7-11-15)18-19-22(20,21)16-12-8-5-9-13-16/h4-13,19H,2-3,14H2,1H3/b18-17-. The topological polar surface area (TPSA) is 58.5 Å². The lowest BCUT2D eigenvalue weighted by atomic mass is 10.1. The van der Waals surface area contributed by atoms with Crippen LogP contribution in [0.5, 0.6) is 0 Å². The average Bonchev–Trinajstić information content (AvgIpc) is 2.56. The van der Waals surface area contributed by atoms with Gasteiger partial charge in [-0.15, -0.1) is 0 Å². The number of nitrogens with zero attached hydrogens (tertiary/aromatic N) is 1. The summed E-state index contributed by atoms with van der Waals surface area (Å²) in [5, 5.41) is 4.16. The molecular formula is C17H20N2O2S. The first-order valence-corrected chi connectivity index (χ1v) is 8.80. The lowest BCUT2D eigenvalue weighted by molar-refractivity contribution is 0.584. The predicted molar refractivity (Wildman–Crippen MR) is 89.3 cm³/mol. The summed E-state index contributed by atoms with van der Waals surface area (Å²) in [6.45, 7) is 2.09. The van der Waals surface area contributed by atoms with Gasteiger partial charge in [0.1, 0.15) is 0 Å². The molecule has 2 aromatic carbocycles. The molecule has 0 aliphatic carbocycles. The summed E-state index contributed by atoms with van der Waals surface area (Å²) in [5.41, 5.74) is 1.69. The normalized spacial score (nSPS) is 12.1. The highest BCUT2D eigenvalue weighted by Crippen LogP contribution is 2.10. The lowest BCUT2D eigenvalue weighted by Gasteiger charge is -2.08. The molecule has 0 heterocycles. The van der Waals surface area contributed by atoms with E-state index in [0.717, 1.165) is 30.5 Å². The highest BCUT2D eigenvalue weighted by molar-refractivity contribution is 7.89. The van der Waals surface area contributed by atoms with Crippen LogP contribution in [0.4, 0.5) is 0 Å². The molecular weight excluding hydrogens is 296 g/mol. The van der Waals surface area contributed by atoms with Gasteiger partial charge in [-0.25, -0.2) is 0 Å². The van der Waals surface area contributed by atoms with Gasteiger partial charge in [-0.3, -0.25) is 0 Å². The van der Waals surface area contributed by atoms with Crippen LogP contribution in [-0.4, -0.2) is 14.1 Å². The molecule has 22 heavy (non-hydrogen) atoms. The molecule has 0 amide bonds. The first kappa shape index (κ1) is 16.2. The molecule has 116 valence electrons. The van der Waals surface area contributed by atoms with E-state index in [4.69, 9.17) is 0 Å². The van der Waals surface area contributed by atoms with Crippen molar-refractivity contribution in [3.8, 4) is 0 Å². The van der Waals surface area contributed by atoms with Crippen LogP contribution < -0.4 is 4.83 Å². The SMILES string of the molecule is CCCC/C(=N/NS(=O)(=O)c1ccccc1)c1ccccc1. The Kier molecular flexibility index (Phi) is 5.72. The predicted octanol–water partition coefficient (Wildman–Crippen LogP) is 3.56. The monoisotopic (exact) mass is 316 g/mol. The summed E-state index contributed by atoms with van der Waals surface area (Å²) in [6, 6.07) is 17.9. The summed E-state index contributed by atoms with van der Waals surface area (Å²) in [6.07, 6.45) is 2.72. The van der Waals surface area contributed by atoms with Crippen molar-refractivity contribution < 1.29 is 8.42 Å². The minimum Gasteiger partial charge on any atom is -0.200 e. The Balaban J connectivity index is 2.23. The fraction of sp³-hybridized carbons (Fsp3) is 0.235. The number of nitrogens with one attached hydrogen (secondary N) is 1. The number of benzene rings is 2. The summed E-state index contributed by atoms with van der Waals surface area (Å²) >= 11 is 0. The van der Waals surface area contributed by atoms with Gasteiger partial charge in [-0.1, -0.05) is 61.9 Å². The van der Waals surface area contributed by atoms with Crippen molar-refractivity contribution in [2.24, 2.45) is 5.10 Å². The van der Waals surface area contributed by atoms with Crippen LogP contribution in [-0.2, 0) is 10.0 Å². The van der Waals surface area contributed by atoms with Crippen LogP contribution >= 0.6 is 0 Å². The Labute approximate surface area is 131 Å². The zero-order valence-electron chi connectivity index (χ0n) is 12.6. The van der Waals surface area contributed by atoms with Gasteiger partial charge in [0, 0.05) is 0 Å². The lowest BCUT2D eigenvalue weighted by Crippen LogP contribution is -2.20. The van der Waals surface area contributed by atoms with E-state index in [1.54, 1.807) is 30.3 Å². The highest BCUT2D eigenvalue weighted by Gasteiger charge is 2.12. The molecule has 0 atom stereocenters. The number of hydrogen-bond donors (Lipinski definition) is 1. The molecule has 4 nitrogen and oxygen atoms in total. The fourth-order valence-corrected chi connectivity index (χ4v) is 2.86. The Hall–Kier alpha value is -2.14. The smallest absolute Gasteiger partial charge is 0.200 e. The van der Waals surface area contributed by atoms with E-state index in [1.807, 2.05) is 30.3 Å². The van der Waals surface area contributed by atoms with Crippen molar-refractivity contribution in [3.05, 3.63) is 66.2 Å². The van der Waals surface area contributed by atoms with E-state index in [0.29, 0.717) is 0 Å². The largest absolute Gasteiger partial charge is 0.276 e. The minimum atomic E-state index is -3.63. The molecule has 0 saturated heterocycles. The second-order valence-electron chi connectivity index (χ2n) is 4.94. The maximum absolute atomic E-state index is 12.2. The van der Waals surface area contributed by atoms with Gasteiger partial charge in [0.2, 0.25) is 0 Å². The van der Waals surface area contributed by atoms with E-state index in [2.05, 4.69) is 16.9 Å². The Morgan fingerprint density at radius 2 is 1.59 bits per heavy atom. The van der Waals surface area contributed by atoms with Gasteiger partial charge in [0.05, 0.1) is 10.6 Å².